The molecule has 0 fully saturated rings. The van der Waals surface area contributed by atoms with E-state index in [2.05, 4.69) is 31.2 Å². The normalized spacial score (nSPS) is 10.5. The summed E-state index contributed by atoms with van der Waals surface area (Å²) in [5, 5.41) is 3.19. The van der Waals surface area contributed by atoms with Gasteiger partial charge in [0, 0.05) is 19.0 Å². The van der Waals surface area contributed by atoms with Crippen molar-refractivity contribution < 1.29 is 9.13 Å². The molecule has 0 unspecified atom stereocenters. The molecule has 0 saturated carbocycles. The van der Waals surface area contributed by atoms with Gasteiger partial charge in [-0.3, -0.25) is 0 Å². The highest BCUT2D eigenvalue weighted by atomic mass is 79.9. The predicted octanol–water partition coefficient (Wildman–Crippen LogP) is 4.47. The Labute approximate surface area is 131 Å². The molecule has 0 radical (unpaired) electrons. The molecule has 0 bridgehead atoms. The van der Waals surface area contributed by atoms with Gasteiger partial charge in [0.1, 0.15) is 23.2 Å². The van der Waals surface area contributed by atoms with E-state index >= 15 is 0 Å². The van der Waals surface area contributed by atoms with Crippen LogP contribution in [-0.4, -0.2) is 16.5 Å². The lowest BCUT2D eigenvalue weighted by molar-refractivity contribution is 0.448. The fourth-order valence-corrected chi connectivity index (χ4v) is 2.12. The first-order chi connectivity index (χ1) is 10.0. The highest BCUT2D eigenvalue weighted by molar-refractivity contribution is 9.10. The SMILES string of the molecule is CCNc1nc(CC)nc(Oc2cc(F)ccc2Br)c1C. The summed E-state index contributed by atoms with van der Waals surface area (Å²) in [5.74, 6) is 1.89. The Bertz CT molecular complexity index is 649. The smallest absolute Gasteiger partial charge is 0.227 e. The Morgan fingerprint density at radius 3 is 2.71 bits per heavy atom. The van der Waals surface area contributed by atoms with Gasteiger partial charge in [-0.2, -0.15) is 4.98 Å². The summed E-state index contributed by atoms with van der Waals surface area (Å²) in [6.07, 6.45) is 0.694. The van der Waals surface area contributed by atoms with Crippen molar-refractivity contribution in [2.24, 2.45) is 0 Å². The predicted molar refractivity (Wildman–Crippen MR) is 84.5 cm³/mol. The van der Waals surface area contributed by atoms with Crippen LogP contribution >= 0.6 is 15.9 Å². The third kappa shape index (κ3) is 3.69. The number of nitrogens with one attached hydrogen (secondary N) is 1. The quantitative estimate of drug-likeness (QED) is 0.861. The van der Waals surface area contributed by atoms with Crippen molar-refractivity contribution in [2.45, 2.75) is 27.2 Å². The van der Waals surface area contributed by atoms with E-state index in [0.29, 0.717) is 28.3 Å². The Balaban J connectivity index is 2.43. The molecule has 0 saturated heterocycles. The second-order valence-corrected chi connectivity index (χ2v) is 5.33. The van der Waals surface area contributed by atoms with Crippen molar-refractivity contribution in [3.8, 4) is 11.6 Å². The molecule has 0 aliphatic carbocycles. The Morgan fingerprint density at radius 2 is 2.05 bits per heavy atom. The van der Waals surface area contributed by atoms with E-state index in [1.165, 1.54) is 12.1 Å². The highest BCUT2D eigenvalue weighted by Crippen LogP contribution is 2.32. The Hall–Kier alpha value is -1.69. The number of rotatable bonds is 5. The second-order valence-electron chi connectivity index (χ2n) is 4.48. The molecule has 112 valence electrons. The summed E-state index contributed by atoms with van der Waals surface area (Å²) < 4.78 is 19.8. The maximum Gasteiger partial charge on any atom is 0.227 e. The lowest BCUT2D eigenvalue weighted by Gasteiger charge is -2.14. The van der Waals surface area contributed by atoms with Gasteiger partial charge in [-0.15, -0.1) is 0 Å². The van der Waals surface area contributed by atoms with Crippen molar-refractivity contribution in [3.63, 3.8) is 0 Å². The molecule has 0 spiro atoms. The van der Waals surface area contributed by atoms with Crippen LogP contribution in [0.2, 0.25) is 0 Å². The van der Waals surface area contributed by atoms with Gasteiger partial charge in [-0.1, -0.05) is 6.92 Å². The monoisotopic (exact) mass is 353 g/mol. The average molecular weight is 354 g/mol. The van der Waals surface area contributed by atoms with Crippen molar-refractivity contribution in [2.75, 3.05) is 11.9 Å². The zero-order chi connectivity index (χ0) is 15.4. The number of hydrogen-bond donors (Lipinski definition) is 1. The molecular formula is C15H17BrFN3O. The van der Waals surface area contributed by atoms with E-state index in [0.717, 1.165) is 17.9 Å². The highest BCUT2D eigenvalue weighted by Gasteiger charge is 2.13. The number of anilines is 1. The van der Waals surface area contributed by atoms with Gasteiger partial charge in [0.05, 0.1) is 10.0 Å². The third-order valence-corrected chi connectivity index (χ3v) is 3.56. The van der Waals surface area contributed by atoms with Crippen LogP contribution < -0.4 is 10.1 Å². The average Bonchev–Trinajstić information content (AvgIpc) is 2.47. The molecule has 1 aromatic heterocycles. The van der Waals surface area contributed by atoms with E-state index in [9.17, 15) is 4.39 Å². The van der Waals surface area contributed by atoms with Crippen LogP contribution in [0.5, 0.6) is 11.6 Å². The minimum Gasteiger partial charge on any atom is -0.437 e. The van der Waals surface area contributed by atoms with E-state index in [1.54, 1.807) is 6.07 Å². The van der Waals surface area contributed by atoms with Crippen LogP contribution in [0.3, 0.4) is 0 Å². The second kappa shape index (κ2) is 6.85. The summed E-state index contributed by atoms with van der Waals surface area (Å²) in [5.41, 5.74) is 0.796. The van der Waals surface area contributed by atoms with Crippen molar-refractivity contribution in [1.29, 1.82) is 0 Å². The molecule has 6 heteroatoms. The van der Waals surface area contributed by atoms with E-state index in [1.807, 2.05) is 20.8 Å². The Morgan fingerprint density at radius 1 is 1.29 bits per heavy atom. The lowest BCUT2D eigenvalue weighted by Crippen LogP contribution is -2.07. The molecule has 2 rings (SSSR count). The van der Waals surface area contributed by atoms with Gasteiger partial charge < -0.3 is 10.1 Å². The number of ether oxygens (including phenoxy) is 1. The molecular weight excluding hydrogens is 337 g/mol. The van der Waals surface area contributed by atoms with Crippen LogP contribution in [-0.2, 0) is 6.42 Å². The van der Waals surface area contributed by atoms with E-state index in [-0.39, 0.29) is 5.82 Å². The topological polar surface area (TPSA) is 47.0 Å². The van der Waals surface area contributed by atoms with Crippen LogP contribution in [0.1, 0.15) is 25.2 Å². The van der Waals surface area contributed by atoms with Gasteiger partial charge in [0.25, 0.3) is 0 Å². The largest absolute Gasteiger partial charge is 0.437 e. The van der Waals surface area contributed by atoms with Crippen LogP contribution in [0, 0.1) is 12.7 Å². The first-order valence-electron chi connectivity index (χ1n) is 6.79. The molecule has 1 aromatic carbocycles. The molecule has 0 atom stereocenters. The first kappa shape index (κ1) is 15.7. The van der Waals surface area contributed by atoms with E-state index in [4.69, 9.17) is 4.74 Å². The molecule has 1 heterocycles. The third-order valence-electron chi connectivity index (χ3n) is 2.91. The number of hydrogen-bond acceptors (Lipinski definition) is 4. The number of benzene rings is 1. The van der Waals surface area contributed by atoms with Gasteiger partial charge in [-0.05, 0) is 41.9 Å². The molecule has 0 aliphatic heterocycles. The molecule has 0 amide bonds. The Kier molecular flexibility index (Phi) is 5.12. The summed E-state index contributed by atoms with van der Waals surface area (Å²) in [6, 6.07) is 4.29. The fourth-order valence-electron chi connectivity index (χ4n) is 1.80. The summed E-state index contributed by atoms with van der Waals surface area (Å²) >= 11 is 3.35. The number of nitrogens with zero attached hydrogens (tertiary/aromatic N) is 2. The standard InChI is InChI=1S/C15H17BrFN3O/c1-4-13-19-14(18-5-2)9(3)15(20-13)21-12-8-10(17)6-7-11(12)16/h6-8H,4-5H2,1-3H3,(H,18,19,20). The van der Waals surface area contributed by atoms with Crippen LogP contribution in [0.15, 0.2) is 22.7 Å². The first-order valence-corrected chi connectivity index (χ1v) is 7.58. The fraction of sp³-hybridized carbons (Fsp3) is 0.333. The van der Waals surface area contributed by atoms with E-state index < -0.39 is 0 Å². The summed E-state index contributed by atoms with van der Waals surface area (Å²) in [7, 11) is 0. The zero-order valence-corrected chi connectivity index (χ0v) is 13.8. The lowest BCUT2D eigenvalue weighted by atomic mass is 10.3. The molecule has 1 N–H and O–H groups in total. The van der Waals surface area contributed by atoms with Crippen molar-refractivity contribution >= 4 is 21.7 Å². The zero-order valence-electron chi connectivity index (χ0n) is 12.2. The number of aryl methyl sites for hydroxylation is 1. The molecule has 21 heavy (non-hydrogen) atoms. The van der Waals surface area contributed by atoms with Gasteiger partial charge >= 0.3 is 0 Å². The molecule has 0 aliphatic rings. The van der Waals surface area contributed by atoms with Gasteiger partial charge in [-0.25, -0.2) is 9.37 Å². The molecule has 4 nitrogen and oxygen atoms in total. The maximum atomic E-state index is 13.4. The summed E-state index contributed by atoms with van der Waals surface area (Å²) in [4.78, 5) is 8.82. The number of aromatic nitrogens is 2. The van der Waals surface area contributed by atoms with Crippen molar-refractivity contribution in [1.82, 2.24) is 9.97 Å². The minimum absolute atomic E-state index is 0.359. The number of halogens is 2. The van der Waals surface area contributed by atoms with Crippen LogP contribution in [0.25, 0.3) is 0 Å². The molecule has 2 aromatic rings. The van der Waals surface area contributed by atoms with Gasteiger partial charge in [0.15, 0.2) is 0 Å². The van der Waals surface area contributed by atoms with Crippen LogP contribution in [0.4, 0.5) is 10.2 Å². The minimum atomic E-state index is -0.359. The van der Waals surface area contributed by atoms with Crippen molar-refractivity contribution in [3.05, 3.63) is 39.9 Å². The van der Waals surface area contributed by atoms with Gasteiger partial charge in [0.2, 0.25) is 5.88 Å². The maximum absolute atomic E-state index is 13.4. The summed E-state index contributed by atoms with van der Waals surface area (Å²) in [6.45, 7) is 6.60.